The maximum absolute atomic E-state index is 6.92. The van der Waals surface area contributed by atoms with E-state index in [2.05, 4.69) is 41.5 Å². The number of ether oxygens (including phenoxy) is 6. The molecule has 3 aromatic heterocycles. The molecule has 7 rings (SSSR count). The van der Waals surface area contributed by atoms with E-state index in [-0.39, 0.29) is 0 Å². The van der Waals surface area contributed by atoms with Crippen molar-refractivity contribution < 1.29 is 28.4 Å². The van der Waals surface area contributed by atoms with Crippen LogP contribution in [-0.4, -0.2) is 101 Å². The summed E-state index contributed by atoms with van der Waals surface area (Å²) in [5.74, 6) is 6.24. The zero-order valence-electron chi connectivity index (χ0n) is 31.4. The summed E-state index contributed by atoms with van der Waals surface area (Å²) in [7, 11) is 0. The molecule has 0 bridgehead atoms. The zero-order chi connectivity index (χ0) is 35.5. The van der Waals surface area contributed by atoms with Crippen LogP contribution in [0.2, 0.25) is 0 Å². The third kappa shape index (κ3) is 6.87. The number of hydrogen-bond donors (Lipinski definition) is 0. The Bertz CT molecular complexity index is 1740. The van der Waals surface area contributed by atoms with Gasteiger partial charge in [-0.1, -0.05) is 0 Å². The summed E-state index contributed by atoms with van der Waals surface area (Å²) >= 11 is -2.62. The summed E-state index contributed by atoms with van der Waals surface area (Å²) in [6, 6.07) is 0. The van der Waals surface area contributed by atoms with Crippen LogP contribution in [0.3, 0.4) is 0 Å². The summed E-state index contributed by atoms with van der Waals surface area (Å²) in [6.45, 7) is 17.8. The molecule has 276 valence electrons. The Balaban J connectivity index is 1.65. The molecule has 51 heavy (non-hydrogen) atoms. The second-order valence-electron chi connectivity index (χ2n) is 13.7. The van der Waals surface area contributed by atoms with Gasteiger partial charge in [0.05, 0.1) is 0 Å². The van der Waals surface area contributed by atoms with Gasteiger partial charge in [-0.15, -0.1) is 0 Å². The van der Waals surface area contributed by atoms with E-state index in [9.17, 15) is 0 Å². The molecule has 0 spiro atoms. The van der Waals surface area contributed by atoms with Gasteiger partial charge in [0.25, 0.3) is 0 Å². The summed E-state index contributed by atoms with van der Waals surface area (Å²) in [4.78, 5) is 0. The molecule has 9 heteroatoms. The van der Waals surface area contributed by atoms with Gasteiger partial charge >= 0.3 is 335 Å². The normalized spacial score (nSPS) is 12.4. The van der Waals surface area contributed by atoms with Crippen LogP contribution in [-0.2, 0) is 0 Å². The summed E-state index contributed by atoms with van der Waals surface area (Å²) in [5, 5.41) is 8.69. The standard InChI is InChI=1S/C42H54O6Te3/c1-7-13-19-43-31-32(44-20-14-8-2)38-26-25-27-29-30-28(26)40(50-38)35(47-23-17-11-5)36(48-24-18-12-6)42(30)51-41(29)34(46-22-16-10-4)33(45-21-15-9-3)39(27)49-37(25)31/h7-24H2,1-6H3. The molecule has 0 amide bonds. The number of benzene rings is 4. The molecule has 4 aromatic carbocycles. The van der Waals surface area contributed by atoms with Crippen molar-refractivity contribution >= 4 is 114 Å². The van der Waals surface area contributed by atoms with Crippen LogP contribution in [0.5, 0.6) is 34.5 Å². The molecule has 0 atom stereocenters. The van der Waals surface area contributed by atoms with E-state index in [0.29, 0.717) is 39.6 Å². The molecular formula is C42H54O6Te3. The van der Waals surface area contributed by atoms with E-state index in [1.54, 1.807) is 0 Å². The Labute approximate surface area is 332 Å². The average Bonchev–Trinajstić information content (AvgIpc) is 3.83. The van der Waals surface area contributed by atoms with E-state index >= 15 is 0 Å². The zero-order valence-corrected chi connectivity index (χ0v) is 38.4. The van der Waals surface area contributed by atoms with Gasteiger partial charge in [-0.2, -0.15) is 0 Å². The molecular weight excluding hydrogens is 983 g/mol. The fourth-order valence-corrected chi connectivity index (χ4v) is 18.2. The first kappa shape index (κ1) is 38.1. The van der Waals surface area contributed by atoms with Crippen LogP contribution in [0.15, 0.2) is 0 Å². The summed E-state index contributed by atoms with van der Waals surface area (Å²) in [5.41, 5.74) is 0. The summed E-state index contributed by atoms with van der Waals surface area (Å²) < 4.78 is 50.0. The van der Waals surface area contributed by atoms with Crippen LogP contribution in [0, 0.1) is 0 Å². The van der Waals surface area contributed by atoms with Crippen molar-refractivity contribution in [3.8, 4) is 34.5 Å². The van der Waals surface area contributed by atoms with Gasteiger partial charge in [-0.3, -0.25) is 0 Å². The minimum atomic E-state index is -0.873. The van der Waals surface area contributed by atoms with E-state index in [1.807, 2.05) is 0 Å². The molecule has 0 saturated heterocycles. The first-order valence-electron chi connectivity index (χ1n) is 19.7. The van der Waals surface area contributed by atoms with Crippen LogP contribution in [0.4, 0.5) is 0 Å². The molecule has 0 unspecified atom stereocenters. The Morgan fingerprint density at radius 3 is 0.569 bits per heavy atom. The van der Waals surface area contributed by atoms with Crippen molar-refractivity contribution in [2.75, 3.05) is 39.6 Å². The van der Waals surface area contributed by atoms with Gasteiger partial charge in [0.15, 0.2) is 0 Å². The van der Waals surface area contributed by atoms with Crippen molar-refractivity contribution in [2.45, 2.75) is 119 Å². The second-order valence-corrected chi connectivity index (χ2v) is 22.5. The Hall–Kier alpha value is -1.17. The van der Waals surface area contributed by atoms with Crippen molar-refractivity contribution in [3.63, 3.8) is 0 Å². The molecule has 0 aliphatic rings. The molecule has 0 fully saturated rings. The quantitative estimate of drug-likeness (QED) is 0.0342. The molecule has 3 heterocycles. The number of rotatable bonds is 24. The predicted molar refractivity (Wildman–Crippen MR) is 218 cm³/mol. The first-order valence-corrected chi connectivity index (χ1v) is 26.7. The first-order chi connectivity index (χ1) is 25.1. The fraction of sp³-hybridized carbons (Fsp3) is 0.571. The van der Waals surface area contributed by atoms with Gasteiger partial charge in [-0.25, -0.2) is 0 Å². The Kier molecular flexibility index (Phi) is 13.1. The maximum atomic E-state index is 6.92. The van der Waals surface area contributed by atoms with Crippen molar-refractivity contribution in [3.05, 3.63) is 0 Å². The van der Waals surface area contributed by atoms with Gasteiger partial charge in [0.2, 0.25) is 0 Å². The molecule has 0 aliphatic heterocycles. The molecule has 0 saturated carbocycles. The van der Waals surface area contributed by atoms with E-state index in [1.165, 1.54) is 52.7 Å². The topological polar surface area (TPSA) is 55.4 Å². The van der Waals surface area contributed by atoms with Crippen molar-refractivity contribution in [2.24, 2.45) is 0 Å². The van der Waals surface area contributed by atoms with Gasteiger partial charge < -0.3 is 0 Å². The fourth-order valence-electron chi connectivity index (χ4n) is 7.00. The third-order valence-electron chi connectivity index (χ3n) is 9.80. The Morgan fingerprint density at radius 2 is 0.431 bits per heavy atom. The third-order valence-corrected chi connectivity index (χ3v) is 20.0. The van der Waals surface area contributed by atoms with Gasteiger partial charge in [-0.05, 0) is 0 Å². The number of hydrogen-bond acceptors (Lipinski definition) is 6. The molecule has 6 nitrogen and oxygen atoms in total. The van der Waals surface area contributed by atoms with Crippen LogP contribution >= 0.6 is 0 Å². The average molecular weight is 1040 g/mol. The SMILES string of the molecule is CCCCOc1c(OCCCC)c2[te]c3c(OCCCC)c(OCCCC)c4[te]c5c(OCCCC)c(OCCCC)c6[te]c1c1c2c3c4c5c61. The van der Waals surface area contributed by atoms with Crippen LogP contribution < -0.4 is 28.4 Å². The Morgan fingerprint density at radius 1 is 0.275 bits per heavy atom. The van der Waals surface area contributed by atoms with Crippen LogP contribution in [0.1, 0.15) is 119 Å². The van der Waals surface area contributed by atoms with Gasteiger partial charge in [0.1, 0.15) is 0 Å². The monoisotopic (exact) mass is 1040 g/mol. The van der Waals surface area contributed by atoms with Gasteiger partial charge in [0, 0.05) is 0 Å². The second kappa shape index (κ2) is 17.5. The predicted octanol–water partition coefficient (Wildman–Crippen LogP) is 11.2. The van der Waals surface area contributed by atoms with E-state index in [4.69, 9.17) is 28.4 Å². The van der Waals surface area contributed by atoms with E-state index in [0.717, 1.165) is 112 Å². The van der Waals surface area contributed by atoms with Crippen LogP contribution in [0.25, 0.3) is 52.7 Å². The van der Waals surface area contributed by atoms with Crippen molar-refractivity contribution in [1.82, 2.24) is 0 Å². The van der Waals surface area contributed by atoms with Crippen molar-refractivity contribution in [1.29, 1.82) is 0 Å². The molecule has 0 radical (unpaired) electrons. The minimum absolute atomic E-state index is 0.717. The van der Waals surface area contributed by atoms with E-state index < -0.39 is 61.3 Å². The molecule has 0 aliphatic carbocycles. The summed E-state index contributed by atoms with van der Waals surface area (Å²) in [6.07, 6.45) is 12.8. The number of unbranched alkanes of at least 4 members (excludes halogenated alkanes) is 6. The molecule has 0 N–H and O–H groups in total. The molecule has 7 aromatic rings.